The second-order valence-corrected chi connectivity index (χ2v) is 12.1. The first-order valence-corrected chi connectivity index (χ1v) is 13.6. The van der Waals surface area contributed by atoms with Crippen molar-refractivity contribution in [3.8, 4) is 0 Å². The fourth-order valence-corrected chi connectivity index (χ4v) is 7.05. The molecule has 3 saturated heterocycles. The minimum Gasteiger partial charge on any atom is -0.466 e. The molecule has 3 aliphatic heterocycles. The number of likely N-dealkylation sites (tertiary alicyclic amines) is 1. The van der Waals surface area contributed by atoms with Crippen LogP contribution in [0.25, 0.3) is 0 Å². The summed E-state index contributed by atoms with van der Waals surface area (Å²) in [4.78, 5) is 45.6. The highest BCUT2D eigenvalue weighted by Gasteiger charge is 2.80. The van der Waals surface area contributed by atoms with Crippen LogP contribution in [0.15, 0.2) is 43.0 Å². The highest BCUT2D eigenvalue weighted by atomic mass is 16.6. The topological polar surface area (TPSA) is 96.4 Å². The molecule has 3 unspecified atom stereocenters. The molecule has 4 rings (SSSR count). The van der Waals surface area contributed by atoms with Crippen molar-refractivity contribution in [1.29, 1.82) is 0 Å². The van der Waals surface area contributed by atoms with E-state index in [1.807, 2.05) is 65.0 Å². The number of hydrogen-bond acceptors (Lipinski definition) is 6. The summed E-state index contributed by atoms with van der Waals surface area (Å²) in [6, 6.07) is 7.92. The Hall–Kier alpha value is -2.71. The van der Waals surface area contributed by atoms with Crippen molar-refractivity contribution in [2.75, 3.05) is 19.8 Å². The third-order valence-corrected chi connectivity index (χ3v) is 8.83. The fourth-order valence-electron chi connectivity index (χ4n) is 7.05. The molecule has 0 radical (unpaired) electrons. The van der Waals surface area contributed by atoms with Gasteiger partial charge in [-0.15, -0.1) is 6.58 Å². The van der Waals surface area contributed by atoms with Crippen LogP contribution in [0.1, 0.15) is 53.5 Å². The molecule has 38 heavy (non-hydrogen) atoms. The SMILES string of the molecule is C=CCN(C(=O)C1N([C@@H](CO)Cc2ccccc2)C(=O)[C@@H]2[C@H](C(=O)OCC)[C@@]3(C)OC12CC3C)C(C)(C)C. The monoisotopic (exact) mass is 526 g/mol. The molecule has 1 spiro atoms. The van der Waals surface area contributed by atoms with Crippen molar-refractivity contribution in [2.24, 2.45) is 17.8 Å². The van der Waals surface area contributed by atoms with Gasteiger partial charge in [-0.3, -0.25) is 14.4 Å². The number of hydrogen-bond donors (Lipinski definition) is 1. The van der Waals surface area contributed by atoms with E-state index < -0.39 is 46.6 Å². The molecule has 2 amide bonds. The summed E-state index contributed by atoms with van der Waals surface area (Å²) >= 11 is 0. The first-order valence-electron chi connectivity index (χ1n) is 13.6. The highest BCUT2D eigenvalue weighted by molar-refractivity contribution is 5.99. The van der Waals surface area contributed by atoms with Crippen LogP contribution >= 0.6 is 0 Å². The average Bonchev–Trinajstić information content (AvgIpc) is 3.37. The van der Waals surface area contributed by atoms with Gasteiger partial charge in [0.15, 0.2) is 0 Å². The highest BCUT2D eigenvalue weighted by Crippen LogP contribution is 2.65. The predicted molar refractivity (Wildman–Crippen MR) is 143 cm³/mol. The Kier molecular flexibility index (Phi) is 7.53. The maximum absolute atomic E-state index is 14.6. The van der Waals surface area contributed by atoms with Crippen molar-refractivity contribution in [3.63, 3.8) is 0 Å². The van der Waals surface area contributed by atoms with E-state index in [9.17, 15) is 19.5 Å². The molecule has 7 atom stereocenters. The zero-order chi connectivity index (χ0) is 28.0. The van der Waals surface area contributed by atoms with Crippen LogP contribution < -0.4 is 0 Å². The first kappa shape index (κ1) is 28.3. The smallest absolute Gasteiger partial charge is 0.312 e. The Bertz CT molecular complexity index is 1080. The summed E-state index contributed by atoms with van der Waals surface area (Å²) < 4.78 is 12.2. The van der Waals surface area contributed by atoms with E-state index in [1.54, 1.807) is 17.9 Å². The number of esters is 1. The van der Waals surface area contributed by atoms with Gasteiger partial charge in [0, 0.05) is 12.1 Å². The summed E-state index contributed by atoms with van der Waals surface area (Å²) in [6.45, 7) is 15.4. The number of fused-ring (bicyclic) bond motifs is 1. The van der Waals surface area contributed by atoms with Crippen LogP contribution in [0.5, 0.6) is 0 Å². The third-order valence-electron chi connectivity index (χ3n) is 8.83. The molecule has 3 aliphatic rings. The molecular weight excluding hydrogens is 484 g/mol. The van der Waals surface area contributed by atoms with Gasteiger partial charge in [-0.1, -0.05) is 43.3 Å². The van der Waals surface area contributed by atoms with Gasteiger partial charge in [-0.2, -0.15) is 0 Å². The van der Waals surface area contributed by atoms with E-state index in [-0.39, 0.29) is 37.5 Å². The molecule has 8 nitrogen and oxygen atoms in total. The third kappa shape index (κ3) is 4.26. The van der Waals surface area contributed by atoms with E-state index in [0.717, 1.165) is 5.56 Å². The quantitative estimate of drug-likeness (QED) is 0.393. The number of aliphatic hydroxyl groups excluding tert-OH is 1. The van der Waals surface area contributed by atoms with Gasteiger partial charge in [-0.25, -0.2) is 0 Å². The van der Waals surface area contributed by atoms with E-state index in [4.69, 9.17) is 9.47 Å². The Morgan fingerprint density at radius 1 is 1.32 bits per heavy atom. The van der Waals surface area contributed by atoms with Gasteiger partial charge in [-0.05, 0) is 58.9 Å². The molecule has 3 heterocycles. The number of aliphatic hydroxyl groups is 1. The van der Waals surface area contributed by atoms with Crippen molar-refractivity contribution in [3.05, 3.63) is 48.6 Å². The van der Waals surface area contributed by atoms with Crippen molar-refractivity contribution < 1.29 is 29.0 Å². The summed E-state index contributed by atoms with van der Waals surface area (Å²) in [6.07, 6.45) is 2.49. The molecule has 1 aromatic rings. The predicted octanol–water partition coefficient (Wildman–Crippen LogP) is 2.98. The lowest BCUT2D eigenvalue weighted by atomic mass is 9.62. The van der Waals surface area contributed by atoms with E-state index >= 15 is 0 Å². The zero-order valence-corrected chi connectivity index (χ0v) is 23.5. The Balaban J connectivity index is 1.87. The molecule has 0 aliphatic carbocycles. The lowest BCUT2D eigenvalue weighted by Gasteiger charge is -2.43. The Morgan fingerprint density at radius 2 is 1.97 bits per heavy atom. The number of nitrogens with zero attached hydrogens (tertiary/aromatic N) is 2. The van der Waals surface area contributed by atoms with Crippen molar-refractivity contribution >= 4 is 17.8 Å². The van der Waals surface area contributed by atoms with Crippen molar-refractivity contribution in [1.82, 2.24) is 9.80 Å². The normalized spacial score (nSPS) is 32.7. The molecule has 3 fully saturated rings. The van der Waals surface area contributed by atoms with Gasteiger partial charge < -0.3 is 24.4 Å². The average molecular weight is 527 g/mol. The molecule has 208 valence electrons. The van der Waals surface area contributed by atoms with E-state index in [2.05, 4.69) is 6.58 Å². The van der Waals surface area contributed by atoms with Gasteiger partial charge in [0.25, 0.3) is 0 Å². The number of rotatable bonds is 9. The second kappa shape index (κ2) is 10.1. The molecular formula is C30H42N2O6. The van der Waals surface area contributed by atoms with Gasteiger partial charge >= 0.3 is 5.97 Å². The number of carbonyl (C=O) groups is 3. The van der Waals surface area contributed by atoms with E-state index in [1.165, 1.54) is 4.90 Å². The van der Waals surface area contributed by atoms with Gasteiger partial charge in [0.2, 0.25) is 11.8 Å². The Morgan fingerprint density at radius 3 is 2.53 bits per heavy atom. The van der Waals surface area contributed by atoms with Crippen molar-refractivity contribution in [2.45, 2.75) is 83.2 Å². The summed E-state index contributed by atoms with van der Waals surface area (Å²) in [5.41, 5.74) is -1.76. The number of carbonyl (C=O) groups excluding carboxylic acids is 3. The maximum atomic E-state index is 14.6. The largest absolute Gasteiger partial charge is 0.466 e. The van der Waals surface area contributed by atoms with Crippen LogP contribution in [0.3, 0.4) is 0 Å². The van der Waals surface area contributed by atoms with Crippen LogP contribution in [0, 0.1) is 17.8 Å². The lowest BCUT2D eigenvalue weighted by molar-refractivity contribution is -0.164. The molecule has 2 bridgehead atoms. The van der Waals surface area contributed by atoms with Crippen LogP contribution in [0.4, 0.5) is 0 Å². The van der Waals surface area contributed by atoms with Gasteiger partial charge in [0.05, 0.1) is 30.8 Å². The maximum Gasteiger partial charge on any atom is 0.312 e. The van der Waals surface area contributed by atoms with Crippen LogP contribution in [-0.4, -0.2) is 81.3 Å². The molecule has 8 heteroatoms. The van der Waals surface area contributed by atoms with E-state index in [0.29, 0.717) is 12.8 Å². The molecule has 1 aromatic carbocycles. The summed E-state index contributed by atoms with van der Waals surface area (Å²) in [5.74, 6) is -2.86. The fraction of sp³-hybridized carbons (Fsp3) is 0.633. The first-order chi connectivity index (χ1) is 17.9. The summed E-state index contributed by atoms with van der Waals surface area (Å²) in [7, 11) is 0. The van der Waals surface area contributed by atoms with Gasteiger partial charge in [0.1, 0.15) is 17.6 Å². The van der Waals surface area contributed by atoms with Crippen LogP contribution in [-0.2, 0) is 30.3 Å². The number of benzene rings is 1. The summed E-state index contributed by atoms with van der Waals surface area (Å²) in [5, 5.41) is 10.6. The molecule has 0 aromatic heterocycles. The minimum atomic E-state index is -1.20. The lowest BCUT2D eigenvalue weighted by Crippen LogP contribution is -2.62. The molecule has 1 N–H and O–H groups in total. The Labute approximate surface area is 226 Å². The number of ether oxygens (including phenoxy) is 2. The second-order valence-electron chi connectivity index (χ2n) is 12.1. The standard InChI is InChI=1S/C30H42N2O6/c1-8-15-31(28(4,5)6)26(35)24-30-17-19(3)29(7,38-30)23(27(36)37-9-2)22(30)25(34)32(24)21(18-33)16-20-13-11-10-12-14-20/h8,10-14,19,21-24,33H,1,9,15-18H2,2-7H3/t19?,21-,22+,23-,24?,29+,30?/m1/s1. The van der Waals surface area contributed by atoms with Crippen LogP contribution in [0.2, 0.25) is 0 Å². The minimum absolute atomic E-state index is 0.0830. The zero-order valence-electron chi connectivity index (χ0n) is 23.5. The molecule has 0 saturated carbocycles. The number of amides is 2.